The lowest BCUT2D eigenvalue weighted by Gasteiger charge is -2.27. The lowest BCUT2D eigenvalue weighted by atomic mass is 10.0. The Bertz CT molecular complexity index is 1280. The van der Waals surface area contributed by atoms with Gasteiger partial charge in [0.2, 0.25) is 5.91 Å². The lowest BCUT2D eigenvalue weighted by molar-refractivity contribution is -0.870. The zero-order valence-corrected chi connectivity index (χ0v) is 44.8. The topological polar surface area (TPSA) is 111 Å². The van der Waals surface area contributed by atoms with Crippen molar-refractivity contribution in [1.82, 2.24) is 5.32 Å². The minimum absolute atomic E-state index is 0.0370. The second-order valence-electron chi connectivity index (χ2n) is 19.8. The van der Waals surface area contributed by atoms with Gasteiger partial charge in [-0.15, -0.1) is 0 Å². The number of amides is 1. The summed E-state index contributed by atoms with van der Waals surface area (Å²) in [5, 5.41) is 3.03. The summed E-state index contributed by atoms with van der Waals surface area (Å²) < 4.78 is 30.5. The van der Waals surface area contributed by atoms with Gasteiger partial charge < -0.3 is 19.4 Å². The number of nitrogens with zero attached hydrogens (tertiary/aromatic N) is 1. The highest BCUT2D eigenvalue weighted by molar-refractivity contribution is 7.47. The Kier molecular flexibility index (Phi) is 45.3. The van der Waals surface area contributed by atoms with E-state index in [-0.39, 0.29) is 31.5 Å². The molecule has 0 radical (unpaired) electrons. The van der Waals surface area contributed by atoms with Gasteiger partial charge in [0.25, 0.3) is 0 Å². The standard InChI is InChI=1S/C56H105N2O7P/c1-7-10-13-16-19-22-25-27-28-29-30-31-34-37-40-43-46-49-56(60)65-54(47-44-41-38-35-33-26-23-20-17-14-11-8-2)53(52-64-66(61,62)63-51-50-58(4,5)6)57-55(59)48-45-42-39-36-32-24-21-18-15-12-9-3/h19,22,27-28,30-31,44,47,53-54H,7-18,20-21,23-26,29,32-43,45-46,48-52H2,1-6H3,(H-,57,59,61,62)/p+1/b22-19-,28-27-,31-30-,47-44+. The molecule has 0 fully saturated rings. The number of unbranched alkanes of at least 4 members (excludes halogenated alkanes) is 27. The van der Waals surface area contributed by atoms with E-state index in [1.165, 1.54) is 128 Å². The number of ether oxygens (including phenoxy) is 1. The maximum absolute atomic E-state index is 13.4. The van der Waals surface area contributed by atoms with Gasteiger partial charge in [-0.05, 0) is 70.3 Å². The first kappa shape index (κ1) is 64.0. The fourth-order valence-electron chi connectivity index (χ4n) is 7.71. The highest BCUT2D eigenvalue weighted by Gasteiger charge is 2.30. The SMILES string of the molecule is CCCCC/C=C\C/C=C\C/C=C\CCCCCCC(=O)OC(/C=C/CCCCCCCCCCCC)C(COP(=O)(O)OCC[N+](C)(C)C)NC(=O)CCCCCCCCCCCCC. The molecule has 0 saturated carbocycles. The monoisotopic (exact) mass is 950 g/mol. The highest BCUT2D eigenvalue weighted by Crippen LogP contribution is 2.43. The lowest BCUT2D eigenvalue weighted by Crippen LogP contribution is -2.47. The van der Waals surface area contributed by atoms with Crippen LogP contribution in [0.1, 0.15) is 245 Å². The first-order valence-electron chi connectivity index (χ1n) is 27.5. The van der Waals surface area contributed by atoms with Gasteiger partial charge in [0.05, 0.1) is 33.8 Å². The number of nitrogens with one attached hydrogen (secondary N) is 1. The number of phosphoric ester groups is 1. The van der Waals surface area contributed by atoms with E-state index in [4.69, 9.17) is 13.8 Å². The Morgan fingerprint density at radius 3 is 1.41 bits per heavy atom. The van der Waals surface area contributed by atoms with Crippen LogP contribution in [0.25, 0.3) is 0 Å². The molecule has 0 aromatic carbocycles. The number of allylic oxidation sites excluding steroid dienone is 7. The van der Waals surface area contributed by atoms with Crippen molar-refractivity contribution < 1.29 is 37.3 Å². The summed E-state index contributed by atoms with van der Waals surface area (Å²) in [4.78, 5) is 37.4. The minimum Gasteiger partial charge on any atom is -0.456 e. The fraction of sp³-hybridized carbons (Fsp3) is 0.821. The van der Waals surface area contributed by atoms with Crippen molar-refractivity contribution in [3.05, 3.63) is 48.6 Å². The van der Waals surface area contributed by atoms with E-state index in [0.717, 1.165) is 77.0 Å². The molecule has 66 heavy (non-hydrogen) atoms. The Balaban J connectivity index is 5.41. The summed E-state index contributed by atoms with van der Waals surface area (Å²) in [7, 11) is 1.48. The van der Waals surface area contributed by atoms with Gasteiger partial charge in [-0.3, -0.25) is 18.6 Å². The van der Waals surface area contributed by atoms with Crippen LogP contribution in [0.15, 0.2) is 48.6 Å². The van der Waals surface area contributed by atoms with E-state index in [9.17, 15) is 19.0 Å². The average molecular weight is 950 g/mol. The first-order chi connectivity index (χ1) is 31.9. The van der Waals surface area contributed by atoms with Crippen LogP contribution < -0.4 is 5.32 Å². The number of likely N-dealkylation sites (N-methyl/N-ethyl adjacent to an activating group) is 1. The summed E-state index contributed by atoms with van der Waals surface area (Å²) in [5.41, 5.74) is 0. The van der Waals surface area contributed by atoms with Crippen molar-refractivity contribution in [3.8, 4) is 0 Å². The van der Waals surface area contributed by atoms with E-state index < -0.39 is 20.0 Å². The molecule has 0 aromatic rings. The Morgan fingerprint density at radius 1 is 0.530 bits per heavy atom. The number of hydrogen-bond acceptors (Lipinski definition) is 6. The third-order valence-electron chi connectivity index (χ3n) is 12.0. The van der Waals surface area contributed by atoms with Crippen LogP contribution in [0.5, 0.6) is 0 Å². The van der Waals surface area contributed by atoms with Crippen molar-refractivity contribution in [2.24, 2.45) is 0 Å². The third-order valence-corrected chi connectivity index (χ3v) is 13.0. The van der Waals surface area contributed by atoms with Gasteiger partial charge in [0.1, 0.15) is 19.3 Å². The summed E-state index contributed by atoms with van der Waals surface area (Å²) in [6.07, 6.45) is 55.3. The molecule has 0 aliphatic heterocycles. The zero-order valence-electron chi connectivity index (χ0n) is 43.9. The highest BCUT2D eigenvalue weighted by atomic mass is 31.2. The predicted octanol–water partition coefficient (Wildman–Crippen LogP) is 16.2. The molecule has 0 aliphatic carbocycles. The molecule has 2 N–H and O–H groups in total. The number of phosphoric acid groups is 1. The molecule has 0 aromatic heterocycles. The van der Waals surface area contributed by atoms with Crippen LogP contribution in [-0.4, -0.2) is 74.3 Å². The Labute approximate surface area is 408 Å². The van der Waals surface area contributed by atoms with E-state index in [2.05, 4.69) is 62.5 Å². The van der Waals surface area contributed by atoms with Crippen LogP contribution in [0.2, 0.25) is 0 Å². The maximum atomic E-state index is 13.4. The van der Waals surface area contributed by atoms with Crippen LogP contribution in [0, 0.1) is 0 Å². The number of rotatable bonds is 49. The van der Waals surface area contributed by atoms with Crippen molar-refractivity contribution in [2.45, 2.75) is 258 Å². The number of quaternary nitrogens is 1. The first-order valence-corrected chi connectivity index (χ1v) is 29.0. The quantitative estimate of drug-likeness (QED) is 0.0205. The minimum atomic E-state index is -4.44. The molecule has 9 nitrogen and oxygen atoms in total. The second-order valence-corrected chi connectivity index (χ2v) is 21.2. The number of carbonyl (C=O) groups excluding carboxylic acids is 2. The van der Waals surface area contributed by atoms with E-state index in [1.807, 2.05) is 33.3 Å². The summed E-state index contributed by atoms with van der Waals surface area (Å²) in [6, 6.07) is -0.853. The van der Waals surface area contributed by atoms with Crippen LogP contribution in [0.4, 0.5) is 0 Å². The van der Waals surface area contributed by atoms with Gasteiger partial charge in [0, 0.05) is 12.8 Å². The van der Waals surface area contributed by atoms with Crippen LogP contribution >= 0.6 is 7.82 Å². The molecule has 0 rings (SSSR count). The molecular weight excluding hydrogens is 844 g/mol. The summed E-state index contributed by atoms with van der Waals surface area (Å²) in [6.45, 7) is 6.96. The summed E-state index contributed by atoms with van der Waals surface area (Å²) >= 11 is 0. The van der Waals surface area contributed by atoms with Gasteiger partial charge in [-0.25, -0.2) is 4.57 Å². The number of hydrogen-bond donors (Lipinski definition) is 2. The third kappa shape index (κ3) is 47.1. The molecule has 0 aliphatic rings. The average Bonchev–Trinajstić information content (AvgIpc) is 3.27. The van der Waals surface area contributed by atoms with Crippen LogP contribution in [-0.2, 0) is 27.9 Å². The number of carbonyl (C=O) groups is 2. The largest absolute Gasteiger partial charge is 0.472 e. The molecule has 0 bridgehead atoms. The van der Waals surface area contributed by atoms with Crippen LogP contribution in [0.3, 0.4) is 0 Å². The van der Waals surface area contributed by atoms with Crippen molar-refractivity contribution in [2.75, 3.05) is 40.9 Å². The Morgan fingerprint density at radius 2 is 0.924 bits per heavy atom. The maximum Gasteiger partial charge on any atom is 0.472 e. The normalized spacial score (nSPS) is 14.2. The van der Waals surface area contributed by atoms with E-state index in [1.54, 1.807) is 0 Å². The second kappa shape index (κ2) is 46.7. The molecule has 1 amide bonds. The van der Waals surface area contributed by atoms with Crippen molar-refractivity contribution >= 4 is 19.7 Å². The number of esters is 1. The molecular formula is C56H106N2O7P+. The molecule has 0 heterocycles. The smallest absolute Gasteiger partial charge is 0.456 e. The Hall–Kier alpha value is -2.03. The predicted molar refractivity (Wildman–Crippen MR) is 282 cm³/mol. The molecule has 3 unspecified atom stereocenters. The van der Waals surface area contributed by atoms with Gasteiger partial charge >= 0.3 is 13.8 Å². The van der Waals surface area contributed by atoms with Gasteiger partial charge in [-0.2, -0.15) is 0 Å². The molecule has 10 heteroatoms. The summed E-state index contributed by atoms with van der Waals surface area (Å²) in [5.74, 6) is -0.528. The van der Waals surface area contributed by atoms with Gasteiger partial charge in [0.15, 0.2) is 0 Å². The fourth-order valence-corrected chi connectivity index (χ4v) is 8.45. The van der Waals surface area contributed by atoms with Crippen molar-refractivity contribution in [3.63, 3.8) is 0 Å². The molecule has 386 valence electrons. The van der Waals surface area contributed by atoms with Gasteiger partial charge in [-0.1, -0.05) is 211 Å². The van der Waals surface area contributed by atoms with Crippen molar-refractivity contribution in [1.29, 1.82) is 0 Å². The molecule has 0 spiro atoms. The van der Waals surface area contributed by atoms with E-state index in [0.29, 0.717) is 23.9 Å². The molecule has 3 atom stereocenters. The molecule has 0 saturated heterocycles. The van der Waals surface area contributed by atoms with E-state index >= 15 is 0 Å². The zero-order chi connectivity index (χ0) is 48.7.